The van der Waals surface area contributed by atoms with E-state index in [1.54, 1.807) is 6.07 Å². The molecule has 0 saturated heterocycles. The average Bonchev–Trinajstić information content (AvgIpc) is 2.87. The Morgan fingerprint density at radius 2 is 2.53 bits per heavy atom. The first-order chi connectivity index (χ1) is 7.29. The summed E-state index contributed by atoms with van der Waals surface area (Å²) >= 11 is 1.37. The first-order valence-electron chi connectivity index (χ1n) is 4.42. The minimum Gasteiger partial charge on any atom is -0.287 e. The molecule has 2 heterocycles. The van der Waals surface area contributed by atoms with Crippen LogP contribution < -0.4 is 5.32 Å². The molecule has 2 aromatic rings. The number of aryl methyl sites for hydroxylation is 1. The first-order valence-corrected chi connectivity index (χ1v) is 5.30. The lowest BCUT2D eigenvalue weighted by Gasteiger charge is -1.95. The minimum atomic E-state index is -0.208. The second kappa shape index (κ2) is 4.18. The quantitative estimate of drug-likeness (QED) is 0.842. The number of nitrogens with one attached hydrogen (secondary N) is 1. The Balaban J connectivity index is 2.06. The highest BCUT2D eigenvalue weighted by atomic mass is 32.1. The maximum Gasteiger partial charge on any atom is 0.270 e. The molecule has 1 amide bonds. The summed E-state index contributed by atoms with van der Waals surface area (Å²) in [5, 5.41) is 15.8. The van der Waals surface area contributed by atoms with Crippen molar-refractivity contribution in [2.24, 2.45) is 0 Å². The van der Waals surface area contributed by atoms with Crippen LogP contribution >= 0.6 is 11.3 Å². The number of rotatable bonds is 3. The normalized spacial score (nSPS) is 10.2. The van der Waals surface area contributed by atoms with Crippen molar-refractivity contribution in [3.63, 3.8) is 0 Å². The van der Waals surface area contributed by atoms with Gasteiger partial charge in [-0.3, -0.25) is 10.1 Å². The third-order valence-corrected chi connectivity index (χ3v) is 2.57. The molecule has 0 radical (unpaired) electrons. The van der Waals surface area contributed by atoms with Gasteiger partial charge < -0.3 is 0 Å². The first kappa shape index (κ1) is 9.78. The number of carbonyl (C=O) groups excluding carboxylic acids is 1. The zero-order chi connectivity index (χ0) is 10.7. The van der Waals surface area contributed by atoms with E-state index < -0.39 is 0 Å². The Morgan fingerprint density at radius 1 is 1.67 bits per heavy atom. The summed E-state index contributed by atoms with van der Waals surface area (Å²) in [7, 11) is 0. The minimum absolute atomic E-state index is 0.208. The maximum absolute atomic E-state index is 11.6. The summed E-state index contributed by atoms with van der Waals surface area (Å²) in [5.74, 6) is 0.0240. The number of aromatic nitrogens is 4. The lowest BCUT2D eigenvalue weighted by atomic mass is 10.4. The van der Waals surface area contributed by atoms with E-state index in [0.29, 0.717) is 11.4 Å². The molecule has 0 unspecified atom stereocenters. The summed E-state index contributed by atoms with van der Waals surface area (Å²) < 4.78 is 0. The molecule has 0 bridgehead atoms. The summed E-state index contributed by atoms with van der Waals surface area (Å²) in [6, 6.07) is 3.56. The van der Waals surface area contributed by atoms with Crippen molar-refractivity contribution in [2.45, 2.75) is 13.5 Å². The Morgan fingerprint density at radius 3 is 3.13 bits per heavy atom. The Hall–Kier alpha value is -1.76. The van der Waals surface area contributed by atoms with Crippen LogP contribution in [0.15, 0.2) is 17.5 Å². The van der Waals surface area contributed by atoms with Crippen LogP contribution in [0.4, 0.5) is 5.95 Å². The molecule has 0 fully saturated rings. The second-order valence-corrected chi connectivity index (χ2v) is 3.68. The highest BCUT2D eigenvalue weighted by Gasteiger charge is 2.09. The van der Waals surface area contributed by atoms with Gasteiger partial charge in [0.1, 0.15) is 0 Å². The standard InChI is InChI=1S/C8H9N5OS/c1-2-13-11-8(10-12-13)9-7(14)6-4-3-5-15-6/h3-5H,2H2,1H3,(H,9,11,14). The highest BCUT2D eigenvalue weighted by molar-refractivity contribution is 7.12. The van der Waals surface area contributed by atoms with Gasteiger partial charge in [0.25, 0.3) is 11.9 Å². The van der Waals surface area contributed by atoms with Crippen LogP contribution in [-0.4, -0.2) is 26.1 Å². The Kier molecular flexibility index (Phi) is 2.72. The Bertz CT molecular complexity index is 449. The second-order valence-electron chi connectivity index (χ2n) is 2.73. The molecule has 1 N–H and O–H groups in total. The van der Waals surface area contributed by atoms with Gasteiger partial charge in [-0.05, 0) is 23.6 Å². The van der Waals surface area contributed by atoms with Crippen molar-refractivity contribution in [1.29, 1.82) is 0 Å². The molecule has 0 saturated carbocycles. The SMILES string of the molecule is CCn1nnc(NC(=O)c2cccs2)n1. The number of hydrogen-bond donors (Lipinski definition) is 1. The number of hydrogen-bond acceptors (Lipinski definition) is 5. The molecule has 15 heavy (non-hydrogen) atoms. The van der Waals surface area contributed by atoms with Gasteiger partial charge in [-0.1, -0.05) is 11.2 Å². The largest absolute Gasteiger partial charge is 0.287 e. The number of thiophene rings is 1. The molecule has 2 aromatic heterocycles. The smallest absolute Gasteiger partial charge is 0.270 e. The van der Waals surface area contributed by atoms with Crippen LogP contribution in [-0.2, 0) is 6.54 Å². The van der Waals surface area contributed by atoms with E-state index in [9.17, 15) is 4.79 Å². The van der Waals surface area contributed by atoms with Gasteiger partial charge in [-0.25, -0.2) is 0 Å². The van der Waals surface area contributed by atoms with Gasteiger partial charge in [0.2, 0.25) is 0 Å². The average molecular weight is 223 g/mol. The molecule has 0 aliphatic carbocycles. The van der Waals surface area contributed by atoms with Gasteiger partial charge >= 0.3 is 0 Å². The summed E-state index contributed by atoms with van der Waals surface area (Å²) in [6.07, 6.45) is 0. The van der Waals surface area contributed by atoms with E-state index in [-0.39, 0.29) is 11.9 Å². The molecule has 2 rings (SSSR count). The summed E-state index contributed by atoms with van der Waals surface area (Å²) in [6.45, 7) is 2.52. The molecule has 78 valence electrons. The predicted molar refractivity (Wildman–Crippen MR) is 55.8 cm³/mol. The molecule has 0 atom stereocenters. The Labute approximate surface area is 89.9 Å². The third-order valence-electron chi connectivity index (χ3n) is 1.71. The van der Waals surface area contributed by atoms with Crippen molar-refractivity contribution in [3.05, 3.63) is 22.4 Å². The molecule has 7 heteroatoms. The van der Waals surface area contributed by atoms with Crippen LogP contribution in [0.5, 0.6) is 0 Å². The number of nitrogens with zero attached hydrogens (tertiary/aromatic N) is 4. The lowest BCUT2D eigenvalue weighted by molar-refractivity contribution is 0.102. The third kappa shape index (κ3) is 2.18. The fourth-order valence-corrected chi connectivity index (χ4v) is 1.62. The van der Waals surface area contributed by atoms with Gasteiger partial charge in [0.05, 0.1) is 11.4 Å². The monoisotopic (exact) mass is 223 g/mol. The molecule has 0 spiro atoms. The predicted octanol–water partition coefficient (Wildman–Crippen LogP) is 1.01. The fourth-order valence-electron chi connectivity index (χ4n) is 0.998. The van der Waals surface area contributed by atoms with Gasteiger partial charge in [0.15, 0.2) is 0 Å². The van der Waals surface area contributed by atoms with Crippen LogP contribution in [0.25, 0.3) is 0 Å². The number of amides is 1. The van der Waals surface area contributed by atoms with E-state index in [4.69, 9.17) is 0 Å². The van der Waals surface area contributed by atoms with E-state index in [1.807, 2.05) is 18.4 Å². The molecular formula is C8H9N5OS. The van der Waals surface area contributed by atoms with Crippen molar-refractivity contribution in [1.82, 2.24) is 20.2 Å². The number of anilines is 1. The molecule has 0 aliphatic rings. The van der Waals surface area contributed by atoms with Crippen molar-refractivity contribution >= 4 is 23.2 Å². The number of tetrazole rings is 1. The van der Waals surface area contributed by atoms with Crippen LogP contribution in [0.2, 0.25) is 0 Å². The lowest BCUT2D eigenvalue weighted by Crippen LogP contribution is -2.11. The van der Waals surface area contributed by atoms with Gasteiger partial charge in [-0.2, -0.15) is 4.80 Å². The molecular weight excluding hydrogens is 214 g/mol. The van der Waals surface area contributed by atoms with E-state index in [1.165, 1.54) is 16.1 Å². The fraction of sp³-hybridized carbons (Fsp3) is 0.250. The van der Waals surface area contributed by atoms with Crippen LogP contribution in [0.3, 0.4) is 0 Å². The number of carbonyl (C=O) groups is 1. The van der Waals surface area contributed by atoms with Gasteiger partial charge in [-0.15, -0.1) is 16.4 Å². The van der Waals surface area contributed by atoms with E-state index >= 15 is 0 Å². The summed E-state index contributed by atoms with van der Waals surface area (Å²) in [5.41, 5.74) is 0. The van der Waals surface area contributed by atoms with Gasteiger partial charge in [0, 0.05) is 0 Å². The van der Waals surface area contributed by atoms with Crippen LogP contribution in [0.1, 0.15) is 16.6 Å². The zero-order valence-electron chi connectivity index (χ0n) is 8.04. The molecule has 0 aliphatic heterocycles. The molecule has 0 aromatic carbocycles. The van der Waals surface area contributed by atoms with Crippen molar-refractivity contribution in [3.8, 4) is 0 Å². The summed E-state index contributed by atoms with van der Waals surface area (Å²) in [4.78, 5) is 13.6. The highest BCUT2D eigenvalue weighted by Crippen LogP contribution is 2.09. The maximum atomic E-state index is 11.6. The van der Waals surface area contributed by atoms with Crippen molar-refractivity contribution < 1.29 is 4.79 Å². The topological polar surface area (TPSA) is 72.7 Å². The van der Waals surface area contributed by atoms with Crippen LogP contribution in [0, 0.1) is 0 Å². The van der Waals surface area contributed by atoms with E-state index in [2.05, 4.69) is 20.7 Å². The zero-order valence-corrected chi connectivity index (χ0v) is 8.86. The van der Waals surface area contributed by atoms with Crippen molar-refractivity contribution in [2.75, 3.05) is 5.32 Å². The molecule has 6 nitrogen and oxygen atoms in total. The van der Waals surface area contributed by atoms with E-state index in [0.717, 1.165) is 0 Å².